The second kappa shape index (κ2) is 10.1. The van der Waals surface area contributed by atoms with Crippen LogP contribution in [0, 0.1) is 0 Å². The number of rotatable bonds is 8. The summed E-state index contributed by atoms with van der Waals surface area (Å²) in [7, 11) is 0. The molecule has 1 heterocycles. The van der Waals surface area contributed by atoms with Crippen molar-refractivity contribution in [1.29, 1.82) is 0 Å². The van der Waals surface area contributed by atoms with Crippen LogP contribution in [-0.2, 0) is 0 Å². The van der Waals surface area contributed by atoms with E-state index < -0.39 is 6.10 Å². The Bertz CT molecular complexity index is 931. The van der Waals surface area contributed by atoms with Gasteiger partial charge in [-0.25, -0.2) is 4.98 Å². The summed E-state index contributed by atoms with van der Waals surface area (Å²) < 4.78 is 0. The molecule has 0 spiro atoms. The number of halogens is 4. The minimum atomic E-state index is -0.770. The zero-order valence-corrected chi connectivity index (χ0v) is 18.1. The Balaban J connectivity index is 2.10. The van der Waals surface area contributed by atoms with Gasteiger partial charge in [-0.3, -0.25) is 4.90 Å². The summed E-state index contributed by atoms with van der Waals surface area (Å²) in [4.78, 5) is 6.76. The highest BCUT2D eigenvalue weighted by Crippen LogP contribution is 2.34. The van der Waals surface area contributed by atoms with Crippen molar-refractivity contribution in [2.24, 2.45) is 0 Å². The number of fused-ring (bicyclic) bond motifs is 1. The van der Waals surface area contributed by atoms with Crippen LogP contribution in [-0.4, -0.2) is 46.4 Å². The van der Waals surface area contributed by atoms with Crippen LogP contribution in [0.1, 0.15) is 11.7 Å². The highest BCUT2D eigenvalue weighted by Gasteiger charge is 2.19. The number of hydrogen-bond acceptors (Lipinski definition) is 3. The van der Waals surface area contributed by atoms with Crippen LogP contribution in [0.15, 0.2) is 48.5 Å². The molecule has 0 fully saturated rings. The molecular weight excluding hydrogens is 438 g/mol. The molecule has 1 atom stereocenters. The SMILES string of the molecule is OC(CN(CCCl)CCCl)c1cc(-c2ccccc2)nc2c(Cl)cc(Cl)cc12. The Labute approximate surface area is 184 Å². The van der Waals surface area contributed by atoms with Crippen LogP contribution in [0.3, 0.4) is 0 Å². The molecule has 1 unspecified atom stereocenters. The molecule has 1 N–H and O–H groups in total. The molecule has 28 heavy (non-hydrogen) atoms. The van der Waals surface area contributed by atoms with Crippen molar-refractivity contribution in [2.75, 3.05) is 31.4 Å². The average molecular weight is 458 g/mol. The monoisotopic (exact) mass is 456 g/mol. The number of benzene rings is 2. The Morgan fingerprint density at radius 1 is 0.964 bits per heavy atom. The van der Waals surface area contributed by atoms with Crippen LogP contribution in [0.2, 0.25) is 10.0 Å². The number of pyridine rings is 1. The van der Waals surface area contributed by atoms with Gasteiger partial charge in [-0.15, -0.1) is 23.2 Å². The third-order valence-electron chi connectivity index (χ3n) is 4.52. The van der Waals surface area contributed by atoms with Gasteiger partial charge in [0, 0.05) is 47.4 Å². The summed E-state index contributed by atoms with van der Waals surface area (Å²) in [5.74, 6) is 0.932. The van der Waals surface area contributed by atoms with Crippen molar-refractivity contribution in [2.45, 2.75) is 6.10 Å². The van der Waals surface area contributed by atoms with Crippen molar-refractivity contribution in [3.8, 4) is 11.3 Å². The van der Waals surface area contributed by atoms with Gasteiger partial charge in [-0.05, 0) is 23.8 Å². The van der Waals surface area contributed by atoms with Gasteiger partial charge >= 0.3 is 0 Å². The third-order valence-corrected chi connectivity index (χ3v) is 5.37. The Morgan fingerprint density at radius 3 is 2.29 bits per heavy atom. The summed E-state index contributed by atoms with van der Waals surface area (Å²) in [6.07, 6.45) is -0.770. The van der Waals surface area contributed by atoms with E-state index in [-0.39, 0.29) is 0 Å². The largest absolute Gasteiger partial charge is 0.387 e. The Hall–Kier alpha value is -1.07. The van der Waals surface area contributed by atoms with E-state index in [1.165, 1.54) is 0 Å². The lowest BCUT2D eigenvalue weighted by Gasteiger charge is -2.24. The number of alkyl halides is 2. The van der Waals surface area contributed by atoms with Gasteiger partial charge in [0.05, 0.1) is 22.3 Å². The van der Waals surface area contributed by atoms with Crippen molar-refractivity contribution < 1.29 is 5.11 Å². The first kappa shape index (κ1) is 21.6. The molecule has 1 aromatic heterocycles. The van der Waals surface area contributed by atoms with Gasteiger partial charge in [0.2, 0.25) is 0 Å². The smallest absolute Gasteiger partial charge is 0.0924 e. The van der Waals surface area contributed by atoms with Crippen molar-refractivity contribution in [3.05, 3.63) is 64.1 Å². The highest BCUT2D eigenvalue weighted by molar-refractivity contribution is 6.38. The van der Waals surface area contributed by atoms with Gasteiger partial charge in [0.1, 0.15) is 0 Å². The molecule has 0 radical (unpaired) electrons. The maximum atomic E-state index is 11.1. The lowest BCUT2D eigenvalue weighted by molar-refractivity contribution is 0.121. The van der Waals surface area contributed by atoms with E-state index in [2.05, 4.69) is 0 Å². The topological polar surface area (TPSA) is 36.4 Å². The number of hydrogen-bond donors (Lipinski definition) is 1. The summed E-state index contributed by atoms with van der Waals surface area (Å²) in [6, 6.07) is 15.1. The zero-order valence-electron chi connectivity index (χ0n) is 15.1. The lowest BCUT2D eigenvalue weighted by atomic mass is 9.99. The Morgan fingerprint density at radius 2 is 1.64 bits per heavy atom. The van der Waals surface area contributed by atoms with Gasteiger partial charge in [-0.2, -0.15) is 0 Å². The molecule has 3 rings (SSSR count). The number of nitrogens with zero attached hydrogens (tertiary/aromatic N) is 2. The summed E-state index contributed by atoms with van der Waals surface area (Å²) in [5.41, 5.74) is 3.03. The second-order valence-corrected chi connectivity index (χ2v) is 8.04. The quantitative estimate of drug-likeness (QED) is 0.420. The fraction of sp³-hybridized carbons (Fsp3) is 0.286. The van der Waals surface area contributed by atoms with Crippen LogP contribution >= 0.6 is 46.4 Å². The maximum Gasteiger partial charge on any atom is 0.0924 e. The molecular formula is C21H20Cl4N2O. The first-order chi connectivity index (χ1) is 13.5. The third kappa shape index (κ3) is 5.10. The number of aromatic nitrogens is 1. The first-order valence-electron chi connectivity index (χ1n) is 8.91. The molecule has 3 aromatic rings. The lowest BCUT2D eigenvalue weighted by Crippen LogP contribution is -2.32. The van der Waals surface area contributed by atoms with Crippen LogP contribution < -0.4 is 0 Å². The Kier molecular flexibility index (Phi) is 7.81. The van der Waals surface area contributed by atoms with E-state index in [9.17, 15) is 5.11 Å². The van der Waals surface area contributed by atoms with Crippen molar-refractivity contribution in [1.82, 2.24) is 9.88 Å². The predicted octanol–water partition coefficient (Wildman–Crippen LogP) is 6.02. The van der Waals surface area contributed by atoms with Gasteiger partial charge < -0.3 is 5.11 Å². The molecule has 0 amide bonds. The molecule has 0 saturated carbocycles. The van der Waals surface area contributed by atoms with Crippen LogP contribution in [0.25, 0.3) is 22.2 Å². The van der Waals surface area contributed by atoms with Crippen LogP contribution in [0.5, 0.6) is 0 Å². The van der Waals surface area contributed by atoms with E-state index in [0.29, 0.717) is 47.0 Å². The van der Waals surface area contributed by atoms with E-state index in [1.54, 1.807) is 12.1 Å². The van der Waals surface area contributed by atoms with Crippen molar-refractivity contribution in [3.63, 3.8) is 0 Å². The summed E-state index contributed by atoms with van der Waals surface area (Å²) in [5, 5.41) is 12.7. The van der Waals surface area contributed by atoms with Crippen LogP contribution in [0.4, 0.5) is 0 Å². The fourth-order valence-electron chi connectivity index (χ4n) is 3.19. The van der Waals surface area contributed by atoms with Gasteiger partial charge in [0.25, 0.3) is 0 Å². The van der Waals surface area contributed by atoms with Crippen molar-refractivity contribution >= 4 is 57.3 Å². The molecule has 0 bridgehead atoms. The summed E-state index contributed by atoms with van der Waals surface area (Å²) >= 11 is 24.4. The fourth-order valence-corrected chi connectivity index (χ4v) is 4.20. The number of aliphatic hydroxyl groups excluding tert-OH is 1. The molecule has 0 saturated heterocycles. The molecule has 0 aliphatic heterocycles. The molecule has 0 aliphatic rings. The standard InChI is InChI=1S/C21H20Cl4N2O/c22-6-8-27(9-7-23)13-20(28)16-12-19(14-4-2-1-3-5-14)26-21-17(16)10-15(24)11-18(21)25/h1-5,10-12,20,28H,6-9,13H2. The summed E-state index contributed by atoms with van der Waals surface area (Å²) in [6.45, 7) is 1.68. The van der Waals surface area contributed by atoms with Gasteiger partial charge in [-0.1, -0.05) is 53.5 Å². The molecule has 2 aromatic carbocycles. The highest BCUT2D eigenvalue weighted by atomic mass is 35.5. The molecule has 7 heteroatoms. The molecule has 0 aliphatic carbocycles. The van der Waals surface area contributed by atoms with E-state index >= 15 is 0 Å². The first-order valence-corrected chi connectivity index (χ1v) is 10.7. The normalized spacial score (nSPS) is 12.6. The van der Waals surface area contributed by atoms with E-state index in [0.717, 1.165) is 22.2 Å². The minimum absolute atomic E-state index is 0.400. The van der Waals surface area contributed by atoms with Gasteiger partial charge in [0.15, 0.2) is 0 Å². The minimum Gasteiger partial charge on any atom is -0.387 e. The predicted molar refractivity (Wildman–Crippen MR) is 120 cm³/mol. The zero-order chi connectivity index (χ0) is 20.1. The number of aliphatic hydroxyl groups is 1. The molecule has 3 nitrogen and oxygen atoms in total. The molecule has 148 valence electrons. The second-order valence-electron chi connectivity index (χ2n) is 6.44. The maximum absolute atomic E-state index is 11.1. The van der Waals surface area contributed by atoms with E-state index in [1.807, 2.05) is 41.3 Å². The van der Waals surface area contributed by atoms with E-state index in [4.69, 9.17) is 51.4 Å². The average Bonchev–Trinajstić information content (AvgIpc) is 2.68.